The summed E-state index contributed by atoms with van der Waals surface area (Å²) in [5.41, 5.74) is 1.77. The van der Waals surface area contributed by atoms with Crippen LogP contribution in [0, 0.1) is 6.07 Å². The Morgan fingerprint density at radius 1 is 1.21 bits per heavy atom. The standard InChI is InChI=1S/C15H11O4/c1-10(16)19-12-7-5-11(6-8-12)13-3-2-4-14-15(13)18-9-17-14/h2,4-8H,9H2,1H3. The van der Waals surface area contributed by atoms with Crippen LogP contribution in [-0.2, 0) is 4.79 Å². The first-order chi connectivity index (χ1) is 9.24. The predicted molar refractivity (Wildman–Crippen MR) is 68.1 cm³/mol. The fourth-order valence-corrected chi connectivity index (χ4v) is 1.94. The summed E-state index contributed by atoms with van der Waals surface area (Å²) in [6.07, 6.45) is 0. The highest BCUT2D eigenvalue weighted by atomic mass is 16.7. The van der Waals surface area contributed by atoms with E-state index in [1.807, 2.05) is 18.2 Å². The summed E-state index contributed by atoms with van der Waals surface area (Å²) in [4.78, 5) is 10.9. The molecule has 95 valence electrons. The largest absolute Gasteiger partial charge is 0.454 e. The summed E-state index contributed by atoms with van der Waals surface area (Å²) < 4.78 is 15.8. The number of carbonyl (C=O) groups is 1. The van der Waals surface area contributed by atoms with Gasteiger partial charge in [0.15, 0.2) is 11.5 Å². The number of fused-ring (bicyclic) bond motifs is 1. The summed E-state index contributed by atoms with van der Waals surface area (Å²) in [7, 11) is 0. The first kappa shape index (κ1) is 11.6. The first-order valence-corrected chi connectivity index (χ1v) is 5.83. The highest BCUT2D eigenvalue weighted by molar-refractivity contribution is 5.75. The van der Waals surface area contributed by atoms with Crippen molar-refractivity contribution in [3.8, 4) is 28.4 Å². The molecular weight excluding hydrogens is 244 g/mol. The Balaban J connectivity index is 1.95. The van der Waals surface area contributed by atoms with Crippen LogP contribution in [0.1, 0.15) is 6.92 Å². The molecule has 0 fully saturated rings. The van der Waals surface area contributed by atoms with Gasteiger partial charge in [0.25, 0.3) is 0 Å². The van der Waals surface area contributed by atoms with Gasteiger partial charge in [-0.1, -0.05) is 12.1 Å². The smallest absolute Gasteiger partial charge is 0.308 e. The SMILES string of the molecule is CC(=O)Oc1ccc(-c2[c]ccc3c2OCO3)cc1. The van der Waals surface area contributed by atoms with Crippen molar-refractivity contribution in [1.29, 1.82) is 0 Å². The summed E-state index contributed by atoms with van der Waals surface area (Å²) in [6, 6.07) is 13.9. The predicted octanol–water partition coefficient (Wildman–Crippen LogP) is 2.81. The topological polar surface area (TPSA) is 44.8 Å². The van der Waals surface area contributed by atoms with Gasteiger partial charge < -0.3 is 14.2 Å². The normalized spacial score (nSPS) is 12.3. The molecule has 4 nitrogen and oxygen atoms in total. The van der Waals surface area contributed by atoms with Gasteiger partial charge in [-0.05, 0) is 35.9 Å². The van der Waals surface area contributed by atoms with Gasteiger partial charge in [-0.25, -0.2) is 0 Å². The van der Waals surface area contributed by atoms with Gasteiger partial charge in [0, 0.05) is 12.5 Å². The Hall–Kier alpha value is -2.49. The van der Waals surface area contributed by atoms with E-state index < -0.39 is 0 Å². The Morgan fingerprint density at radius 2 is 2.00 bits per heavy atom. The molecule has 0 aliphatic carbocycles. The molecule has 0 N–H and O–H groups in total. The third-order valence-electron chi connectivity index (χ3n) is 2.74. The number of esters is 1. The van der Waals surface area contributed by atoms with Crippen molar-refractivity contribution in [3.63, 3.8) is 0 Å². The van der Waals surface area contributed by atoms with Gasteiger partial charge in [-0.3, -0.25) is 4.79 Å². The average Bonchev–Trinajstić information content (AvgIpc) is 2.87. The van der Waals surface area contributed by atoms with Gasteiger partial charge in [0.2, 0.25) is 6.79 Å². The lowest BCUT2D eigenvalue weighted by Crippen LogP contribution is -2.00. The average molecular weight is 255 g/mol. The molecule has 1 heterocycles. The molecular formula is C15H11O4. The molecule has 0 amide bonds. The number of benzene rings is 2. The van der Waals surface area contributed by atoms with E-state index in [-0.39, 0.29) is 12.8 Å². The van der Waals surface area contributed by atoms with E-state index in [1.165, 1.54) is 6.92 Å². The molecule has 0 saturated heterocycles. The molecule has 1 aliphatic heterocycles. The molecule has 1 radical (unpaired) electrons. The summed E-state index contributed by atoms with van der Waals surface area (Å²) >= 11 is 0. The van der Waals surface area contributed by atoms with Gasteiger partial charge in [-0.2, -0.15) is 0 Å². The summed E-state index contributed by atoms with van der Waals surface area (Å²) in [6.45, 7) is 1.60. The summed E-state index contributed by atoms with van der Waals surface area (Å²) in [5, 5.41) is 0. The fourth-order valence-electron chi connectivity index (χ4n) is 1.94. The molecule has 4 heteroatoms. The monoisotopic (exact) mass is 255 g/mol. The van der Waals surface area contributed by atoms with Gasteiger partial charge in [0.1, 0.15) is 5.75 Å². The minimum absolute atomic E-state index is 0.228. The van der Waals surface area contributed by atoms with Crippen LogP contribution in [0.3, 0.4) is 0 Å². The number of ether oxygens (including phenoxy) is 3. The van der Waals surface area contributed by atoms with Crippen LogP contribution in [0.25, 0.3) is 11.1 Å². The number of rotatable bonds is 2. The second-order valence-corrected chi connectivity index (χ2v) is 4.07. The molecule has 1 aliphatic rings. The lowest BCUT2D eigenvalue weighted by atomic mass is 10.0. The lowest BCUT2D eigenvalue weighted by molar-refractivity contribution is -0.131. The van der Waals surface area contributed by atoms with Gasteiger partial charge >= 0.3 is 5.97 Å². The van der Waals surface area contributed by atoms with Crippen molar-refractivity contribution in [2.24, 2.45) is 0 Å². The quantitative estimate of drug-likeness (QED) is 0.611. The second-order valence-electron chi connectivity index (χ2n) is 4.07. The Morgan fingerprint density at radius 3 is 2.74 bits per heavy atom. The fraction of sp³-hybridized carbons (Fsp3) is 0.133. The molecule has 0 saturated carbocycles. The lowest BCUT2D eigenvalue weighted by Gasteiger charge is -2.06. The minimum atomic E-state index is -0.336. The minimum Gasteiger partial charge on any atom is -0.454 e. The van der Waals surface area contributed by atoms with Crippen molar-refractivity contribution < 1.29 is 19.0 Å². The van der Waals surface area contributed by atoms with E-state index >= 15 is 0 Å². The number of hydrogen-bond acceptors (Lipinski definition) is 4. The van der Waals surface area contributed by atoms with Crippen LogP contribution < -0.4 is 14.2 Å². The van der Waals surface area contributed by atoms with E-state index in [0.717, 1.165) is 16.9 Å². The van der Waals surface area contributed by atoms with Gasteiger partial charge in [-0.15, -0.1) is 0 Å². The van der Waals surface area contributed by atoms with Crippen LogP contribution in [0.4, 0.5) is 0 Å². The van der Waals surface area contributed by atoms with Crippen molar-refractivity contribution in [2.75, 3.05) is 6.79 Å². The Labute approximate surface area is 110 Å². The van der Waals surface area contributed by atoms with Crippen LogP contribution in [-0.4, -0.2) is 12.8 Å². The maximum absolute atomic E-state index is 10.9. The molecule has 0 atom stereocenters. The summed E-state index contributed by atoms with van der Waals surface area (Å²) in [5.74, 6) is 1.60. The van der Waals surface area contributed by atoms with E-state index in [4.69, 9.17) is 14.2 Å². The molecule has 0 spiro atoms. The first-order valence-electron chi connectivity index (χ1n) is 5.83. The molecule has 0 aromatic heterocycles. The van der Waals surface area contributed by atoms with Crippen molar-refractivity contribution in [3.05, 3.63) is 42.5 Å². The van der Waals surface area contributed by atoms with Crippen LogP contribution in [0.2, 0.25) is 0 Å². The third-order valence-corrected chi connectivity index (χ3v) is 2.74. The van der Waals surface area contributed by atoms with Crippen LogP contribution >= 0.6 is 0 Å². The Bertz CT molecular complexity index is 617. The number of hydrogen-bond donors (Lipinski definition) is 0. The zero-order chi connectivity index (χ0) is 13.2. The molecule has 19 heavy (non-hydrogen) atoms. The third kappa shape index (κ3) is 2.25. The van der Waals surface area contributed by atoms with Crippen molar-refractivity contribution >= 4 is 5.97 Å². The van der Waals surface area contributed by atoms with Crippen LogP contribution in [0.5, 0.6) is 17.2 Å². The van der Waals surface area contributed by atoms with Gasteiger partial charge in [0.05, 0.1) is 0 Å². The highest BCUT2D eigenvalue weighted by Gasteiger charge is 2.18. The van der Waals surface area contributed by atoms with Crippen molar-refractivity contribution in [1.82, 2.24) is 0 Å². The molecule has 0 bridgehead atoms. The number of carbonyl (C=O) groups excluding carboxylic acids is 1. The van der Waals surface area contributed by atoms with E-state index in [1.54, 1.807) is 18.2 Å². The maximum Gasteiger partial charge on any atom is 0.308 e. The zero-order valence-electron chi connectivity index (χ0n) is 10.3. The van der Waals surface area contributed by atoms with E-state index in [9.17, 15) is 4.79 Å². The molecule has 3 rings (SSSR count). The van der Waals surface area contributed by atoms with E-state index in [0.29, 0.717) is 11.5 Å². The van der Waals surface area contributed by atoms with Crippen LogP contribution in [0.15, 0.2) is 36.4 Å². The van der Waals surface area contributed by atoms with E-state index in [2.05, 4.69) is 6.07 Å². The zero-order valence-corrected chi connectivity index (χ0v) is 10.3. The Kier molecular flexibility index (Phi) is 2.83. The molecule has 2 aromatic carbocycles. The van der Waals surface area contributed by atoms with Crippen molar-refractivity contribution in [2.45, 2.75) is 6.92 Å². The second kappa shape index (κ2) is 4.65. The maximum atomic E-state index is 10.9. The molecule has 2 aromatic rings. The highest BCUT2D eigenvalue weighted by Crippen LogP contribution is 2.40. The molecule has 0 unspecified atom stereocenters.